The smallest absolute Gasteiger partial charge is 0.759 e. The largest absolute Gasteiger partial charge is 1.00 e. The summed E-state index contributed by atoms with van der Waals surface area (Å²) in [6.07, 6.45) is 0. The molecule has 156 valence electrons. The number of rotatable bonds is 7. The van der Waals surface area contributed by atoms with Crippen molar-refractivity contribution in [3.8, 4) is 0 Å². The van der Waals surface area contributed by atoms with Gasteiger partial charge in [-0.15, -0.1) is 0 Å². The summed E-state index contributed by atoms with van der Waals surface area (Å²) in [6.45, 7) is 1.94. The van der Waals surface area contributed by atoms with Crippen LogP contribution in [0.2, 0.25) is 0 Å². The molecule has 0 radical (unpaired) electrons. The van der Waals surface area contributed by atoms with Gasteiger partial charge >= 0.3 is 29.6 Å². The van der Waals surface area contributed by atoms with Crippen LogP contribution in [0.15, 0.2) is 77.7 Å². The Hall–Kier alpha value is -2.07. The van der Waals surface area contributed by atoms with Gasteiger partial charge in [0.05, 0.1) is 4.90 Å². The molecule has 0 fully saturated rings. The van der Waals surface area contributed by atoms with Gasteiger partial charge < -0.3 is 10.7 Å². The molecule has 0 saturated heterocycles. The number of carbonyl (C=O) groups is 1. The number of sulfonamides is 1. The fourth-order valence-electron chi connectivity index (χ4n) is 2.90. The van der Waals surface area contributed by atoms with Crippen molar-refractivity contribution in [3.05, 3.63) is 106 Å². The Morgan fingerprint density at radius 3 is 1.87 bits per heavy atom. The number of amides is 1. The average molecular weight is 450 g/mol. The Morgan fingerprint density at radius 2 is 1.39 bits per heavy atom. The van der Waals surface area contributed by atoms with Crippen molar-refractivity contribution in [1.29, 1.82) is 0 Å². The van der Waals surface area contributed by atoms with Crippen molar-refractivity contribution < 1.29 is 47.2 Å². The van der Waals surface area contributed by atoms with Gasteiger partial charge in [0.25, 0.3) is 0 Å². The van der Waals surface area contributed by atoms with Crippen LogP contribution < -0.4 is 35.0 Å². The van der Waals surface area contributed by atoms with E-state index in [2.05, 4.69) is 0 Å². The molecule has 3 aromatic carbocycles. The van der Waals surface area contributed by atoms with Gasteiger partial charge in [-0.1, -0.05) is 42.0 Å². The zero-order valence-electron chi connectivity index (χ0n) is 17.2. The quantitative estimate of drug-likeness (QED) is 0.425. The van der Waals surface area contributed by atoms with Crippen LogP contribution in [0.1, 0.15) is 27.0 Å². The Bertz CT molecular complexity index is 1120. The van der Waals surface area contributed by atoms with Gasteiger partial charge in [0.1, 0.15) is 5.82 Å². The summed E-state index contributed by atoms with van der Waals surface area (Å²) in [4.78, 5) is 11.6. The monoisotopic (exact) mass is 450 g/mol. The second kappa shape index (κ2) is 11.0. The molecule has 0 aliphatic heterocycles. The molecular weight excluding hydrogens is 430 g/mol. The van der Waals surface area contributed by atoms with Gasteiger partial charge in [0, 0.05) is 18.7 Å². The first-order chi connectivity index (χ1) is 14.3. The predicted molar refractivity (Wildman–Crippen MR) is 111 cm³/mol. The number of hydroxylamine groups is 1. The molecule has 0 aliphatic carbocycles. The Morgan fingerprint density at radius 1 is 0.903 bits per heavy atom. The van der Waals surface area contributed by atoms with Crippen molar-refractivity contribution in [2.24, 2.45) is 0 Å². The number of halogens is 1. The van der Waals surface area contributed by atoms with E-state index in [0.717, 1.165) is 5.56 Å². The van der Waals surface area contributed by atoms with Crippen LogP contribution in [0.4, 0.5) is 4.39 Å². The van der Waals surface area contributed by atoms with E-state index in [0.29, 0.717) is 11.1 Å². The summed E-state index contributed by atoms with van der Waals surface area (Å²) < 4.78 is 41.1. The van der Waals surface area contributed by atoms with Crippen LogP contribution in [0.25, 0.3) is 0 Å². The SMILES string of the molecule is Cc1ccc(S(=O)(=O)N(Cc2ccc(F)cc2)Cc2ccc(C(=O)N[O-])cc2)cc1.[Na+]. The molecule has 1 N–H and O–H groups in total. The number of nitrogens with zero attached hydrogens (tertiary/aromatic N) is 1. The Labute approximate surface area is 203 Å². The van der Waals surface area contributed by atoms with Crippen LogP contribution in [0.5, 0.6) is 0 Å². The van der Waals surface area contributed by atoms with Gasteiger partial charge in [-0.05, 0) is 54.4 Å². The molecule has 0 bridgehead atoms. The molecular formula is C22H20FN2NaO4S. The fraction of sp³-hybridized carbons (Fsp3) is 0.136. The first-order valence-electron chi connectivity index (χ1n) is 9.12. The van der Waals surface area contributed by atoms with Gasteiger partial charge in [-0.3, -0.25) is 4.79 Å². The van der Waals surface area contributed by atoms with Crippen LogP contribution in [-0.4, -0.2) is 18.6 Å². The number of nitrogens with one attached hydrogen (secondary N) is 1. The average Bonchev–Trinajstić information content (AvgIpc) is 2.75. The van der Waals surface area contributed by atoms with E-state index in [-0.39, 0.29) is 53.1 Å². The molecule has 6 nitrogen and oxygen atoms in total. The molecule has 0 unspecified atom stereocenters. The van der Waals surface area contributed by atoms with E-state index >= 15 is 0 Å². The maximum absolute atomic E-state index is 13.3. The molecule has 0 heterocycles. The van der Waals surface area contributed by atoms with Crippen molar-refractivity contribution in [2.75, 3.05) is 0 Å². The third kappa shape index (κ3) is 6.46. The van der Waals surface area contributed by atoms with E-state index < -0.39 is 21.7 Å². The zero-order chi connectivity index (χ0) is 21.7. The molecule has 0 aromatic heterocycles. The van der Waals surface area contributed by atoms with Crippen molar-refractivity contribution in [2.45, 2.75) is 24.9 Å². The molecule has 31 heavy (non-hydrogen) atoms. The number of carbonyl (C=O) groups excluding carboxylic acids is 1. The Balaban J connectivity index is 0.00000341. The van der Waals surface area contributed by atoms with Gasteiger partial charge in [0.15, 0.2) is 0 Å². The van der Waals surface area contributed by atoms with E-state index in [1.165, 1.54) is 46.2 Å². The Kier molecular flexibility index (Phi) is 8.93. The fourth-order valence-corrected chi connectivity index (χ4v) is 4.32. The van der Waals surface area contributed by atoms with Crippen LogP contribution in [0.3, 0.4) is 0 Å². The van der Waals surface area contributed by atoms with Gasteiger partial charge in [-0.2, -0.15) is 4.31 Å². The molecule has 1 amide bonds. The molecule has 3 rings (SSSR count). The maximum atomic E-state index is 13.3. The normalized spacial score (nSPS) is 11.1. The minimum Gasteiger partial charge on any atom is -0.759 e. The number of aryl methyl sites for hydroxylation is 1. The summed E-state index contributed by atoms with van der Waals surface area (Å²) >= 11 is 0. The summed E-state index contributed by atoms with van der Waals surface area (Å²) in [6, 6.07) is 18.3. The van der Waals surface area contributed by atoms with Crippen molar-refractivity contribution in [3.63, 3.8) is 0 Å². The second-order valence-corrected chi connectivity index (χ2v) is 8.78. The molecule has 9 heteroatoms. The summed E-state index contributed by atoms with van der Waals surface area (Å²) in [5.74, 6) is -1.17. The summed E-state index contributed by atoms with van der Waals surface area (Å²) in [5.41, 5.74) is 3.69. The molecule has 0 spiro atoms. The van der Waals surface area contributed by atoms with Crippen LogP contribution in [-0.2, 0) is 23.1 Å². The van der Waals surface area contributed by atoms with Crippen molar-refractivity contribution in [1.82, 2.24) is 9.79 Å². The number of hydrogen-bond donors (Lipinski definition) is 1. The predicted octanol–water partition coefficient (Wildman–Crippen LogP) is 0.757. The minimum atomic E-state index is -3.85. The first kappa shape index (κ1) is 25.2. The molecule has 0 atom stereocenters. The molecule has 0 aliphatic rings. The van der Waals surface area contributed by atoms with Gasteiger partial charge in [0.2, 0.25) is 15.9 Å². The van der Waals surface area contributed by atoms with Gasteiger partial charge in [-0.25, -0.2) is 12.8 Å². The van der Waals surface area contributed by atoms with E-state index in [1.54, 1.807) is 36.4 Å². The van der Waals surface area contributed by atoms with E-state index in [4.69, 9.17) is 0 Å². The second-order valence-electron chi connectivity index (χ2n) is 6.84. The summed E-state index contributed by atoms with van der Waals surface area (Å²) in [5, 5.41) is 10.5. The van der Waals surface area contributed by atoms with Crippen molar-refractivity contribution >= 4 is 15.9 Å². The number of benzene rings is 3. The topological polar surface area (TPSA) is 89.5 Å². The standard InChI is InChI=1S/C22H20FN2O4S.Na/c1-16-2-12-21(13-3-16)30(28,29)25(15-18-6-10-20(23)11-7-18)14-17-4-8-19(9-5-17)22(26)24-27;/h2-13H,14-15H2,1H3,(H-,24,26,27);/q-1;+1. The summed E-state index contributed by atoms with van der Waals surface area (Å²) in [7, 11) is -3.85. The number of hydrogen-bond acceptors (Lipinski definition) is 4. The van der Waals surface area contributed by atoms with Crippen LogP contribution >= 0.6 is 0 Å². The third-order valence-electron chi connectivity index (χ3n) is 4.60. The third-order valence-corrected chi connectivity index (χ3v) is 6.40. The first-order valence-corrected chi connectivity index (χ1v) is 10.6. The zero-order valence-corrected chi connectivity index (χ0v) is 20.0. The van der Waals surface area contributed by atoms with Crippen LogP contribution in [0, 0.1) is 17.9 Å². The van der Waals surface area contributed by atoms with E-state index in [9.17, 15) is 22.8 Å². The molecule has 3 aromatic rings. The van der Waals surface area contributed by atoms with E-state index in [1.807, 2.05) is 6.92 Å². The maximum Gasteiger partial charge on any atom is 1.00 e. The minimum absolute atomic E-state index is 0. The molecule has 0 saturated carbocycles.